The molecule has 132 valence electrons. The topological polar surface area (TPSA) is 64.0 Å². The van der Waals surface area contributed by atoms with E-state index in [0.717, 1.165) is 5.56 Å². The standard InChI is InChI=1S/C20H18ClN3O2/c1-14(13-15-7-9-16(21)10-8-15)22-20(26)18-11-12-19(25)24(23-18)17-5-3-2-4-6-17/h2-12,14H,13H2,1H3,(H,22,26)/t14-/m1/s1. The van der Waals surface area contributed by atoms with Crippen molar-refractivity contribution in [2.45, 2.75) is 19.4 Å². The molecule has 6 heteroatoms. The third-order valence-corrected chi connectivity index (χ3v) is 4.12. The summed E-state index contributed by atoms with van der Waals surface area (Å²) in [6.07, 6.45) is 0.668. The average molecular weight is 368 g/mol. The Morgan fingerprint density at radius 3 is 2.46 bits per heavy atom. The number of halogens is 1. The monoisotopic (exact) mass is 367 g/mol. The molecule has 1 N–H and O–H groups in total. The number of nitrogens with zero attached hydrogens (tertiary/aromatic N) is 2. The third kappa shape index (κ3) is 4.37. The van der Waals surface area contributed by atoms with Crippen LogP contribution in [0.1, 0.15) is 23.0 Å². The van der Waals surface area contributed by atoms with Crippen molar-refractivity contribution in [1.29, 1.82) is 0 Å². The van der Waals surface area contributed by atoms with Gasteiger partial charge in [0.2, 0.25) is 0 Å². The molecule has 1 amide bonds. The molecule has 5 nitrogen and oxygen atoms in total. The van der Waals surface area contributed by atoms with Crippen LogP contribution in [0.2, 0.25) is 5.02 Å². The van der Waals surface area contributed by atoms with Crippen molar-refractivity contribution < 1.29 is 4.79 Å². The fraction of sp³-hybridized carbons (Fsp3) is 0.150. The number of hydrogen-bond acceptors (Lipinski definition) is 3. The zero-order valence-corrected chi connectivity index (χ0v) is 15.0. The quantitative estimate of drug-likeness (QED) is 0.752. The molecule has 0 aliphatic heterocycles. The molecule has 0 spiro atoms. The Labute approximate surface area is 156 Å². The highest BCUT2D eigenvalue weighted by molar-refractivity contribution is 6.30. The number of para-hydroxylation sites is 1. The van der Waals surface area contributed by atoms with Gasteiger partial charge in [0, 0.05) is 17.1 Å². The van der Waals surface area contributed by atoms with Crippen LogP contribution in [0, 0.1) is 0 Å². The minimum Gasteiger partial charge on any atom is -0.348 e. The maximum Gasteiger partial charge on any atom is 0.271 e. The van der Waals surface area contributed by atoms with Gasteiger partial charge in [-0.3, -0.25) is 9.59 Å². The number of nitrogens with one attached hydrogen (secondary N) is 1. The molecule has 0 fully saturated rings. The average Bonchev–Trinajstić information content (AvgIpc) is 2.64. The number of hydrogen-bond donors (Lipinski definition) is 1. The van der Waals surface area contributed by atoms with E-state index in [2.05, 4.69) is 10.4 Å². The summed E-state index contributed by atoms with van der Waals surface area (Å²) in [5.41, 5.74) is 1.59. The van der Waals surface area contributed by atoms with Gasteiger partial charge in [0.15, 0.2) is 0 Å². The van der Waals surface area contributed by atoms with Crippen molar-refractivity contribution in [3.8, 4) is 5.69 Å². The molecule has 0 aliphatic rings. The molecule has 1 heterocycles. The van der Waals surface area contributed by atoms with Gasteiger partial charge >= 0.3 is 0 Å². The lowest BCUT2D eigenvalue weighted by Gasteiger charge is -2.14. The highest BCUT2D eigenvalue weighted by atomic mass is 35.5. The van der Waals surface area contributed by atoms with Crippen LogP contribution >= 0.6 is 11.6 Å². The van der Waals surface area contributed by atoms with Crippen LogP contribution < -0.4 is 10.9 Å². The Hall–Kier alpha value is -2.92. The minimum absolute atomic E-state index is 0.0948. The molecule has 1 aromatic heterocycles. The summed E-state index contributed by atoms with van der Waals surface area (Å²) < 4.78 is 1.22. The molecule has 0 saturated carbocycles. The Morgan fingerprint density at radius 2 is 1.77 bits per heavy atom. The van der Waals surface area contributed by atoms with Crippen LogP contribution in [0.4, 0.5) is 0 Å². The van der Waals surface area contributed by atoms with Gasteiger partial charge in [-0.1, -0.05) is 41.9 Å². The fourth-order valence-electron chi connectivity index (χ4n) is 2.61. The molecule has 2 aromatic carbocycles. The predicted molar refractivity (Wildman–Crippen MR) is 102 cm³/mol. The molecule has 0 saturated heterocycles. The molecule has 0 aliphatic carbocycles. The largest absolute Gasteiger partial charge is 0.348 e. The number of amides is 1. The first kappa shape index (κ1) is 17.9. The van der Waals surface area contributed by atoms with Crippen molar-refractivity contribution in [3.63, 3.8) is 0 Å². The fourth-order valence-corrected chi connectivity index (χ4v) is 2.74. The van der Waals surface area contributed by atoms with E-state index in [4.69, 9.17) is 11.6 Å². The number of carbonyl (C=O) groups excluding carboxylic acids is 1. The van der Waals surface area contributed by atoms with Crippen LogP contribution in [-0.2, 0) is 6.42 Å². The van der Waals surface area contributed by atoms with Crippen LogP contribution in [0.5, 0.6) is 0 Å². The number of rotatable bonds is 5. The summed E-state index contributed by atoms with van der Waals surface area (Å²) in [6.45, 7) is 1.92. The van der Waals surface area contributed by atoms with E-state index in [1.54, 1.807) is 12.1 Å². The minimum atomic E-state index is -0.323. The maximum atomic E-state index is 12.5. The first-order valence-electron chi connectivity index (χ1n) is 8.24. The molecule has 1 atom stereocenters. The molecular weight excluding hydrogens is 350 g/mol. The molecule has 0 unspecified atom stereocenters. The van der Waals surface area contributed by atoms with E-state index < -0.39 is 0 Å². The summed E-state index contributed by atoms with van der Waals surface area (Å²) in [5, 5.41) is 7.77. The summed E-state index contributed by atoms with van der Waals surface area (Å²) >= 11 is 5.88. The lowest BCUT2D eigenvalue weighted by molar-refractivity contribution is 0.0933. The molecule has 3 rings (SSSR count). The van der Waals surface area contributed by atoms with Crippen molar-refractivity contribution in [2.24, 2.45) is 0 Å². The lowest BCUT2D eigenvalue weighted by atomic mass is 10.1. The highest BCUT2D eigenvalue weighted by Crippen LogP contribution is 2.11. The van der Waals surface area contributed by atoms with Gasteiger partial charge in [0.25, 0.3) is 11.5 Å². The Kier molecular flexibility index (Phi) is 5.49. The van der Waals surface area contributed by atoms with Gasteiger partial charge in [0.1, 0.15) is 5.69 Å². The zero-order valence-electron chi connectivity index (χ0n) is 14.2. The first-order valence-corrected chi connectivity index (χ1v) is 8.62. The summed E-state index contributed by atoms with van der Waals surface area (Å²) in [5.74, 6) is -0.323. The normalized spacial score (nSPS) is 11.8. The van der Waals surface area contributed by atoms with Crippen molar-refractivity contribution in [3.05, 3.63) is 93.4 Å². The summed E-state index contributed by atoms with van der Waals surface area (Å²) in [6, 6.07) is 19.2. The predicted octanol–water partition coefficient (Wildman–Crippen LogP) is 3.25. The maximum absolute atomic E-state index is 12.5. The van der Waals surface area contributed by atoms with Gasteiger partial charge in [-0.2, -0.15) is 9.78 Å². The molecule has 0 bridgehead atoms. The summed E-state index contributed by atoms with van der Waals surface area (Å²) in [7, 11) is 0. The first-order chi connectivity index (χ1) is 12.5. The lowest BCUT2D eigenvalue weighted by Crippen LogP contribution is -2.36. The Balaban J connectivity index is 1.73. The second-order valence-corrected chi connectivity index (χ2v) is 6.45. The third-order valence-electron chi connectivity index (χ3n) is 3.87. The van der Waals surface area contributed by atoms with Crippen LogP contribution in [0.15, 0.2) is 71.5 Å². The number of carbonyl (C=O) groups is 1. The molecular formula is C20H18ClN3O2. The zero-order chi connectivity index (χ0) is 18.5. The van der Waals surface area contributed by atoms with E-state index in [0.29, 0.717) is 17.1 Å². The molecule has 0 radical (unpaired) electrons. The number of aromatic nitrogens is 2. The van der Waals surface area contributed by atoms with E-state index in [9.17, 15) is 9.59 Å². The van der Waals surface area contributed by atoms with Crippen molar-refractivity contribution in [2.75, 3.05) is 0 Å². The summed E-state index contributed by atoms with van der Waals surface area (Å²) in [4.78, 5) is 24.5. The van der Waals surface area contributed by atoms with Crippen LogP contribution in [0.3, 0.4) is 0 Å². The Morgan fingerprint density at radius 1 is 1.08 bits per heavy atom. The molecule has 26 heavy (non-hydrogen) atoms. The Bertz CT molecular complexity index is 953. The highest BCUT2D eigenvalue weighted by Gasteiger charge is 2.13. The van der Waals surface area contributed by atoms with E-state index in [1.165, 1.54) is 16.8 Å². The van der Waals surface area contributed by atoms with Gasteiger partial charge in [0.05, 0.1) is 5.69 Å². The van der Waals surface area contributed by atoms with Gasteiger partial charge in [-0.15, -0.1) is 0 Å². The van der Waals surface area contributed by atoms with Crippen LogP contribution in [-0.4, -0.2) is 21.7 Å². The van der Waals surface area contributed by atoms with Crippen molar-refractivity contribution in [1.82, 2.24) is 15.1 Å². The SMILES string of the molecule is C[C@H](Cc1ccc(Cl)cc1)NC(=O)c1ccc(=O)n(-c2ccccc2)n1. The van der Waals surface area contributed by atoms with Crippen molar-refractivity contribution >= 4 is 17.5 Å². The van der Waals surface area contributed by atoms with Gasteiger partial charge < -0.3 is 5.32 Å². The van der Waals surface area contributed by atoms with E-state index >= 15 is 0 Å². The van der Waals surface area contributed by atoms with Gasteiger partial charge in [-0.25, -0.2) is 0 Å². The second kappa shape index (κ2) is 7.97. The van der Waals surface area contributed by atoms with Crippen LogP contribution in [0.25, 0.3) is 5.69 Å². The smallest absolute Gasteiger partial charge is 0.271 e. The number of benzene rings is 2. The van der Waals surface area contributed by atoms with E-state index in [-0.39, 0.29) is 23.2 Å². The molecule has 3 aromatic rings. The van der Waals surface area contributed by atoms with E-state index in [1.807, 2.05) is 49.4 Å². The van der Waals surface area contributed by atoms with Gasteiger partial charge in [-0.05, 0) is 49.2 Å². The second-order valence-electron chi connectivity index (χ2n) is 6.01.